The number of aromatic nitrogens is 1. The van der Waals surface area contributed by atoms with Crippen LogP contribution in [0.2, 0.25) is 0 Å². The molecule has 5 rings (SSSR count). The van der Waals surface area contributed by atoms with Gasteiger partial charge >= 0.3 is 0 Å². The van der Waals surface area contributed by atoms with Crippen LogP contribution in [0.25, 0.3) is 5.69 Å². The van der Waals surface area contributed by atoms with Crippen molar-refractivity contribution in [3.8, 4) is 22.9 Å². The minimum atomic E-state index is -0.182. The molecule has 30 heavy (non-hydrogen) atoms. The Balaban J connectivity index is 1.49. The van der Waals surface area contributed by atoms with E-state index in [2.05, 4.69) is 17.3 Å². The normalized spacial score (nSPS) is 15.0. The van der Waals surface area contributed by atoms with Crippen LogP contribution in [0.1, 0.15) is 21.5 Å². The fourth-order valence-electron chi connectivity index (χ4n) is 4.11. The highest BCUT2D eigenvalue weighted by atomic mass is 16.7. The fraction of sp³-hybridized carbons (Fsp3) is 0.261. The SMILES string of the molecule is COc1c2c(c(NC(=O)c3ccc(-n4cccc4)cc3)c3c1OCO3)CCN(C)C2. The largest absolute Gasteiger partial charge is 0.492 e. The van der Waals surface area contributed by atoms with Crippen LogP contribution < -0.4 is 19.5 Å². The molecule has 154 valence electrons. The maximum atomic E-state index is 13.1. The number of hydrogen-bond acceptors (Lipinski definition) is 5. The molecule has 7 heteroatoms. The summed E-state index contributed by atoms with van der Waals surface area (Å²) in [5.74, 6) is 1.62. The number of carbonyl (C=O) groups is 1. The summed E-state index contributed by atoms with van der Waals surface area (Å²) in [6.45, 7) is 1.73. The van der Waals surface area contributed by atoms with Gasteiger partial charge in [0.25, 0.3) is 5.91 Å². The molecule has 3 heterocycles. The van der Waals surface area contributed by atoms with Gasteiger partial charge < -0.3 is 29.0 Å². The second-order valence-corrected chi connectivity index (χ2v) is 7.51. The van der Waals surface area contributed by atoms with E-state index in [1.165, 1.54) is 0 Å². The van der Waals surface area contributed by atoms with Gasteiger partial charge in [-0.1, -0.05) is 0 Å². The maximum absolute atomic E-state index is 13.1. The van der Waals surface area contributed by atoms with Crippen LogP contribution in [0.5, 0.6) is 17.2 Å². The number of anilines is 1. The predicted octanol–water partition coefficient (Wildman–Crippen LogP) is 3.45. The van der Waals surface area contributed by atoms with Crippen molar-refractivity contribution in [2.24, 2.45) is 0 Å². The smallest absolute Gasteiger partial charge is 0.255 e. The summed E-state index contributed by atoms with van der Waals surface area (Å²) >= 11 is 0. The van der Waals surface area contributed by atoms with Crippen molar-refractivity contribution in [2.45, 2.75) is 13.0 Å². The third kappa shape index (κ3) is 3.07. The summed E-state index contributed by atoms with van der Waals surface area (Å²) in [6, 6.07) is 11.4. The third-order valence-electron chi connectivity index (χ3n) is 5.63. The van der Waals surface area contributed by atoms with Crippen molar-refractivity contribution in [3.05, 3.63) is 65.5 Å². The van der Waals surface area contributed by atoms with Crippen LogP contribution >= 0.6 is 0 Å². The number of nitrogens with one attached hydrogen (secondary N) is 1. The van der Waals surface area contributed by atoms with Gasteiger partial charge in [-0.25, -0.2) is 0 Å². The van der Waals surface area contributed by atoms with Gasteiger partial charge in [-0.15, -0.1) is 0 Å². The van der Waals surface area contributed by atoms with Gasteiger partial charge in [-0.2, -0.15) is 0 Å². The standard InChI is InChI=1S/C23H23N3O4/c1-25-12-9-17-18(13-25)20(28-2)22-21(29-14-30-22)19(17)24-23(27)15-5-7-16(8-6-15)26-10-3-4-11-26/h3-8,10-11H,9,12-14H2,1-2H3,(H,24,27). The van der Waals surface area contributed by atoms with Crippen molar-refractivity contribution in [1.82, 2.24) is 9.47 Å². The Hall–Kier alpha value is -3.45. The highest BCUT2D eigenvalue weighted by Gasteiger charge is 2.33. The summed E-state index contributed by atoms with van der Waals surface area (Å²) in [5, 5.41) is 3.08. The first kappa shape index (κ1) is 18.6. The first-order chi connectivity index (χ1) is 14.7. The Morgan fingerprint density at radius 1 is 1.07 bits per heavy atom. The fourth-order valence-corrected chi connectivity index (χ4v) is 4.11. The molecule has 0 saturated heterocycles. The second kappa shape index (κ2) is 7.42. The molecule has 1 aromatic heterocycles. The lowest BCUT2D eigenvalue weighted by atomic mass is 9.95. The topological polar surface area (TPSA) is 65.0 Å². The van der Waals surface area contributed by atoms with E-state index in [0.29, 0.717) is 28.5 Å². The van der Waals surface area contributed by atoms with Crippen molar-refractivity contribution in [3.63, 3.8) is 0 Å². The first-order valence-corrected chi connectivity index (χ1v) is 9.90. The van der Waals surface area contributed by atoms with E-state index in [1.54, 1.807) is 7.11 Å². The Morgan fingerprint density at radius 2 is 1.80 bits per heavy atom. The number of methoxy groups -OCH3 is 1. The number of nitrogens with zero attached hydrogens (tertiary/aromatic N) is 2. The number of rotatable bonds is 4. The minimum Gasteiger partial charge on any atom is -0.492 e. The van der Waals surface area contributed by atoms with Crippen LogP contribution in [0, 0.1) is 0 Å². The molecule has 2 aliphatic heterocycles. The molecule has 0 bridgehead atoms. The maximum Gasteiger partial charge on any atom is 0.255 e. The molecule has 0 unspecified atom stereocenters. The number of benzene rings is 2. The zero-order valence-electron chi connectivity index (χ0n) is 17.0. The molecule has 2 aromatic carbocycles. The van der Waals surface area contributed by atoms with Crippen molar-refractivity contribution >= 4 is 11.6 Å². The van der Waals surface area contributed by atoms with E-state index in [0.717, 1.165) is 36.3 Å². The Labute approximate surface area is 174 Å². The highest BCUT2D eigenvalue weighted by Crippen LogP contribution is 2.52. The molecule has 0 fully saturated rings. The van der Waals surface area contributed by atoms with Gasteiger partial charge in [-0.05, 0) is 55.4 Å². The van der Waals surface area contributed by atoms with Crippen LogP contribution in [0.15, 0.2) is 48.8 Å². The number of hydrogen-bond donors (Lipinski definition) is 1. The summed E-state index contributed by atoms with van der Waals surface area (Å²) in [5.41, 5.74) is 4.35. The van der Waals surface area contributed by atoms with Crippen molar-refractivity contribution < 1.29 is 19.0 Å². The number of fused-ring (bicyclic) bond motifs is 2. The van der Waals surface area contributed by atoms with Gasteiger partial charge in [-0.3, -0.25) is 4.79 Å². The molecular weight excluding hydrogens is 382 g/mol. The van der Waals surface area contributed by atoms with Crippen LogP contribution in [0.3, 0.4) is 0 Å². The number of amides is 1. The summed E-state index contributed by atoms with van der Waals surface area (Å²) in [4.78, 5) is 15.3. The summed E-state index contributed by atoms with van der Waals surface area (Å²) < 4.78 is 19.1. The zero-order valence-corrected chi connectivity index (χ0v) is 17.0. The monoisotopic (exact) mass is 405 g/mol. The van der Waals surface area contributed by atoms with Crippen molar-refractivity contribution in [1.29, 1.82) is 0 Å². The molecule has 0 atom stereocenters. The van der Waals surface area contributed by atoms with Gasteiger partial charge in [0, 0.05) is 42.3 Å². The van der Waals surface area contributed by atoms with E-state index >= 15 is 0 Å². The van der Waals surface area contributed by atoms with E-state index in [1.807, 2.05) is 53.4 Å². The third-order valence-corrected chi connectivity index (χ3v) is 5.63. The van der Waals surface area contributed by atoms with Crippen LogP contribution in [-0.4, -0.2) is 42.9 Å². The quantitative estimate of drug-likeness (QED) is 0.720. The lowest BCUT2D eigenvalue weighted by molar-refractivity contribution is 0.102. The summed E-state index contributed by atoms with van der Waals surface area (Å²) in [6.07, 6.45) is 4.73. The van der Waals surface area contributed by atoms with Gasteiger partial charge in [0.05, 0.1) is 12.8 Å². The van der Waals surface area contributed by atoms with E-state index < -0.39 is 0 Å². The molecule has 0 spiro atoms. The molecule has 1 N–H and O–H groups in total. The summed E-state index contributed by atoms with van der Waals surface area (Å²) in [7, 11) is 3.70. The Bertz CT molecular complexity index is 1090. The lowest BCUT2D eigenvalue weighted by Crippen LogP contribution is -2.28. The number of carbonyl (C=O) groups excluding carboxylic acids is 1. The predicted molar refractivity (Wildman–Crippen MR) is 113 cm³/mol. The van der Waals surface area contributed by atoms with E-state index in [9.17, 15) is 4.79 Å². The molecule has 3 aromatic rings. The molecule has 7 nitrogen and oxygen atoms in total. The van der Waals surface area contributed by atoms with E-state index in [-0.39, 0.29) is 12.7 Å². The average molecular weight is 405 g/mol. The molecular formula is C23H23N3O4. The second-order valence-electron chi connectivity index (χ2n) is 7.51. The van der Waals surface area contributed by atoms with Crippen LogP contribution in [0.4, 0.5) is 5.69 Å². The molecule has 0 aliphatic carbocycles. The first-order valence-electron chi connectivity index (χ1n) is 9.90. The molecule has 0 saturated carbocycles. The highest BCUT2D eigenvalue weighted by molar-refractivity contribution is 6.06. The number of likely N-dealkylation sites (N-methyl/N-ethyl adjacent to an activating group) is 1. The lowest BCUT2D eigenvalue weighted by Gasteiger charge is -2.29. The van der Waals surface area contributed by atoms with Gasteiger partial charge in [0.1, 0.15) is 0 Å². The van der Waals surface area contributed by atoms with E-state index in [4.69, 9.17) is 14.2 Å². The molecule has 1 amide bonds. The average Bonchev–Trinajstić information content (AvgIpc) is 3.46. The van der Waals surface area contributed by atoms with Crippen molar-refractivity contribution in [2.75, 3.05) is 32.8 Å². The Kier molecular flexibility index (Phi) is 4.59. The van der Waals surface area contributed by atoms with Gasteiger partial charge in [0.2, 0.25) is 12.5 Å². The zero-order chi connectivity index (χ0) is 20.7. The van der Waals surface area contributed by atoms with Gasteiger partial charge in [0.15, 0.2) is 11.5 Å². The Morgan fingerprint density at radius 3 is 2.53 bits per heavy atom. The molecule has 0 radical (unpaired) electrons. The number of ether oxygens (including phenoxy) is 3. The molecule has 2 aliphatic rings. The minimum absolute atomic E-state index is 0.110. The van der Waals surface area contributed by atoms with Crippen LogP contribution in [-0.2, 0) is 13.0 Å².